The van der Waals surface area contributed by atoms with E-state index in [1.54, 1.807) is 31.4 Å². The molecule has 0 saturated carbocycles. The Morgan fingerprint density at radius 1 is 0.955 bits per heavy atom. The second kappa shape index (κ2) is 7.36. The Kier molecular flexibility index (Phi) is 5.25. The zero-order chi connectivity index (χ0) is 15.9. The minimum atomic E-state index is -0.314. The van der Waals surface area contributed by atoms with E-state index in [2.05, 4.69) is 10.6 Å². The van der Waals surface area contributed by atoms with Gasteiger partial charge in [-0.3, -0.25) is 0 Å². The number of carbonyl (C=O) groups is 1. The summed E-state index contributed by atoms with van der Waals surface area (Å²) in [6.07, 6.45) is 0.121. The van der Waals surface area contributed by atoms with E-state index < -0.39 is 0 Å². The van der Waals surface area contributed by atoms with Crippen LogP contribution in [0.2, 0.25) is 0 Å². The summed E-state index contributed by atoms with van der Waals surface area (Å²) in [5, 5.41) is 5.51. The number of carbonyl (C=O) groups excluding carboxylic acids is 1. The largest absolute Gasteiger partial charge is 0.497 e. The summed E-state index contributed by atoms with van der Waals surface area (Å²) in [7, 11) is 1.58. The second-order valence-electron chi connectivity index (χ2n) is 5.00. The fourth-order valence-electron chi connectivity index (χ4n) is 1.88. The van der Waals surface area contributed by atoms with Crippen LogP contribution >= 0.6 is 0 Å². The highest BCUT2D eigenvalue weighted by atomic mass is 16.5. The first-order valence-electron chi connectivity index (χ1n) is 7.05. The van der Waals surface area contributed by atoms with Crippen LogP contribution in [0.5, 0.6) is 11.5 Å². The van der Waals surface area contributed by atoms with Crippen LogP contribution in [-0.4, -0.2) is 19.2 Å². The highest BCUT2D eigenvalue weighted by molar-refractivity contribution is 5.99. The zero-order valence-corrected chi connectivity index (χ0v) is 12.9. The molecule has 0 spiro atoms. The lowest BCUT2D eigenvalue weighted by Gasteiger charge is -2.11. The molecule has 5 heteroatoms. The molecule has 0 saturated heterocycles. The van der Waals surface area contributed by atoms with Crippen molar-refractivity contribution in [2.45, 2.75) is 20.0 Å². The van der Waals surface area contributed by atoms with E-state index in [-0.39, 0.29) is 12.1 Å². The molecule has 0 heterocycles. The number of hydrogen-bond acceptors (Lipinski definition) is 3. The van der Waals surface area contributed by atoms with Crippen LogP contribution in [0.3, 0.4) is 0 Å². The average molecular weight is 300 g/mol. The Hall–Kier alpha value is -2.69. The van der Waals surface area contributed by atoms with Gasteiger partial charge in [-0.1, -0.05) is 6.07 Å². The third kappa shape index (κ3) is 4.70. The normalized spacial score (nSPS) is 10.2. The first kappa shape index (κ1) is 15.7. The van der Waals surface area contributed by atoms with Gasteiger partial charge < -0.3 is 20.1 Å². The van der Waals surface area contributed by atoms with Crippen molar-refractivity contribution < 1.29 is 14.3 Å². The maximum absolute atomic E-state index is 11.9. The van der Waals surface area contributed by atoms with Gasteiger partial charge in [-0.2, -0.15) is 0 Å². The summed E-state index contributed by atoms with van der Waals surface area (Å²) in [6.45, 7) is 3.93. The molecule has 0 radical (unpaired) electrons. The molecule has 5 nitrogen and oxygen atoms in total. The van der Waals surface area contributed by atoms with E-state index in [9.17, 15) is 4.79 Å². The molecular formula is C17H20N2O3. The molecule has 2 aromatic rings. The van der Waals surface area contributed by atoms with Crippen LogP contribution in [0.1, 0.15) is 13.8 Å². The van der Waals surface area contributed by atoms with E-state index in [0.29, 0.717) is 17.1 Å². The number of anilines is 2. The van der Waals surface area contributed by atoms with E-state index in [4.69, 9.17) is 9.47 Å². The minimum Gasteiger partial charge on any atom is -0.497 e. The van der Waals surface area contributed by atoms with Gasteiger partial charge in [-0.15, -0.1) is 0 Å². The lowest BCUT2D eigenvalue weighted by atomic mass is 10.3. The van der Waals surface area contributed by atoms with Crippen LogP contribution in [0.4, 0.5) is 16.2 Å². The molecule has 2 aromatic carbocycles. The van der Waals surface area contributed by atoms with Crippen molar-refractivity contribution in [3.8, 4) is 11.5 Å². The summed E-state index contributed by atoms with van der Waals surface area (Å²) < 4.78 is 10.7. The third-order valence-electron chi connectivity index (χ3n) is 2.81. The van der Waals surface area contributed by atoms with Gasteiger partial charge in [0.15, 0.2) is 0 Å². The van der Waals surface area contributed by atoms with Gasteiger partial charge in [0.05, 0.1) is 13.2 Å². The second-order valence-corrected chi connectivity index (χ2v) is 5.00. The highest BCUT2D eigenvalue weighted by Crippen LogP contribution is 2.19. The first-order valence-corrected chi connectivity index (χ1v) is 7.05. The number of benzene rings is 2. The number of methoxy groups -OCH3 is 1. The van der Waals surface area contributed by atoms with Crippen molar-refractivity contribution >= 4 is 17.4 Å². The molecule has 0 aliphatic carbocycles. The SMILES string of the molecule is COc1cccc(NC(=O)Nc2ccc(OC(C)C)cc2)c1. The Labute approximate surface area is 130 Å². The summed E-state index contributed by atoms with van der Waals surface area (Å²) in [6, 6.07) is 14.1. The number of urea groups is 1. The van der Waals surface area contributed by atoms with Crippen molar-refractivity contribution in [3.05, 3.63) is 48.5 Å². The molecule has 2 rings (SSSR count). The monoisotopic (exact) mass is 300 g/mol. The molecule has 116 valence electrons. The number of amides is 2. The zero-order valence-electron chi connectivity index (χ0n) is 12.9. The van der Waals surface area contributed by atoms with Crippen molar-refractivity contribution in [3.63, 3.8) is 0 Å². The van der Waals surface area contributed by atoms with Crippen LogP contribution in [0, 0.1) is 0 Å². The maximum Gasteiger partial charge on any atom is 0.323 e. The quantitative estimate of drug-likeness (QED) is 0.873. The van der Waals surface area contributed by atoms with Gasteiger partial charge >= 0.3 is 6.03 Å². The fraction of sp³-hybridized carbons (Fsp3) is 0.235. The molecule has 0 aromatic heterocycles. The van der Waals surface area contributed by atoms with Gasteiger partial charge in [-0.05, 0) is 50.2 Å². The Morgan fingerprint density at radius 2 is 1.64 bits per heavy atom. The topological polar surface area (TPSA) is 59.6 Å². The van der Waals surface area contributed by atoms with Crippen molar-refractivity contribution in [2.75, 3.05) is 17.7 Å². The molecule has 2 N–H and O–H groups in total. The fourth-order valence-corrected chi connectivity index (χ4v) is 1.88. The molecule has 0 bridgehead atoms. The highest BCUT2D eigenvalue weighted by Gasteiger charge is 2.04. The standard InChI is InChI=1S/C17H20N2O3/c1-12(2)22-15-9-7-13(8-10-15)18-17(20)19-14-5-4-6-16(11-14)21-3/h4-12H,1-3H3,(H2,18,19,20). The third-order valence-corrected chi connectivity index (χ3v) is 2.81. The Balaban J connectivity index is 1.93. The number of nitrogens with one attached hydrogen (secondary N) is 2. The molecule has 22 heavy (non-hydrogen) atoms. The van der Waals surface area contributed by atoms with Crippen LogP contribution in [0.15, 0.2) is 48.5 Å². The smallest absolute Gasteiger partial charge is 0.323 e. The summed E-state index contributed by atoms with van der Waals surface area (Å²) >= 11 is 0. The number of ether oxygens (including phenoxy) is 2. The predicted octanol–water partition coefficient (Wildman–Crippen LogP) is 4.13. The molecular weight excluding hydrogens is 280 g/mol. The van der Waals surface area contributed by atoms with Crippen molar-refractivity contribution in [1.29, 1.82) is 0 Å². The molecule has 0 unspecified atom stereocenters. The Morgan fingerprint density at radius 3 is 2.27 bits per heavy atom. The van der Waals surface area contributed by atoms with E-state index in [1.165, 1.54) is 0 Å². The Bertz CT molecular complexity index is 624. The summed E-state index contributed by atoms with van der Waals surface area (Å²) in [5.41, 5.74) is 1.35. The summed E-state index contributed by atoms with van der Waals surface area (Å²) in [4.78, 5) is 11.9. The molecule has 0 atom stereocenters. The average Bonchev–Trinajstić information content (AvgIpc) is 2.49. The van der Waals surface area contributed by atoms with Crippen molar-refractivity contribution in [1.82, 2.24) is 0 Å². The molecule has 2 amide bonds. The van der Waals surface area contributed by atoms with Gasteiger partial charge in [0, 0.05) is 17.4 Å². The number of rotatable bonds is 5. The first-order chi connectivity index (χ1) is 10.6. The van der Waals surface area contributed by atoms with Gasteiger partial charge in [0.2, 0.25) is 0 Å². The minimum absolute atomic E-state index is 0.121. The van der Waals surface area contributed by atoms with Gasteiger partial charge in [-0.25, -0.2) is 4.79 Å². The summed E-state index contributed by atoms with van der Waals surface area (Å²) in [5.74, 6) is 1.46. The lowest BCUT2D eigenvalue weighted by Crippen LogP contribution is -2.19. The van der Waals surface area contributed by atoms with Crippen LogP contribution in [0.25, 0.3) is 0 Å². The van der Waals surface area contributed by atoms with E-state index in [1.807, 2.05) is 38.1 Å². The van der Waals surface area contributed by atoms with E-state index in [0.717, 1.165) is 5.75 Å². The maximum atomic E-state index is 11.9. The van der Waals surface area contributed by atoms with Crippen LogP contribution in [-0.2, 0) is 0 Å². The van der Waals surface area contributed by atoms with Crippen LogP contribution < -0.4 is 20.1 Å². The van der Waals surface area contributed by atoms with E-state index >= 15 is 0 Å². The lowest BCUT2D eigenvalue weighted by molar-refractivity contribution is 0.242. The molecule has 0 aliphatic rings. The van der Waals surface area contributed by atoms with Gasteiger partial charge in [0.1, 0.15) is 11.5 Å². The molecule has 0 fully saturated rings. The number of hydrogen-bond donors (Lipinski definition) is 2. The van der Waals surface area contributed by atoms with Crippen molar-refractivity contribution in [2.24, 2.45) is 0 Å². The van der Waals surface area contributed by atoms with Gasteiger partial charge in [0.25, 0.3) is 0 Å². The molecule has 0 aliphatic heterocycles. The predicted molar refractivity (Wildman–Crippen MR) is 87.8 cm³/mol.